The van der Waals surface area contributed by atoms with E-state index < -0.39 is 6.09 Å². The summed E-state index contributed by atoms with van der Waals surface area (Å²) in [5.41, 5.74) is 1.23. The summed E-state index contributed by atoms with van der Waals surface area (Å²) in [5, 5.41) is 11.1. The summed E-state index contributed by atoms with van der Waals surface area (Å²) in [7, 11) is 3.13. The van der Waals surface area contributed by atoms with E-state index in [0.717, 1.165) is 5.39 Å². The Kier molecular flexibility index (Phi) is 7.97. The number of rotatable bonds is 10. The third-order valence-corrected chi connectivity index (χ3v) is 5.67. The monoisotopic (exact) mass is 508 g/mol. The number of hydrogen-bond donors (Lipinski definition) is 1. The number of ether oxygens (including phenoxy) is 4. The lowest BCUT2D eigenvalue weighted by Gasteiger charge is -2.20. The van der Waals surface area contributed by atoms with Crippen LogP contribution >= 0.6 is 11.6 Å². The van der Waals surface area contributed by atoms with Crippen molar-refractivity contribution in [3.8, 4) is 28.7 Å². The summed E-state index contributed by atoms with van der Waals surface area (Å²) in [6.07, 6.45) is 1.12. The highest BCUT2D eigenvalue weighted by atomic mass is 35.5. The van der Waals surface area contributed by atoms with Gasteiger partial charge in [0.15, 0.2) is 11.5 Å². The van der Waals surface area contributed by atoms with Gasteiger partial charge in [0.2, 0.25) is 0 Å². The van der Waals surface area contributed by atoms with Gasteiger partial charge in [0, 0.05) is 34.9 Å². The number of carboxylic acid groups (broad SMARTS) is 1. The number of aromatic nitrogens is 1. The number of benzene rings is 3. The van der Waals surface area contributed by atoms with Crippen LogP contribution < -0.4 is 23.8 Å². The molecular formula is C27H25ClN2O6. The van der Waals surface area contributed by atoms with Crippen LogP contribution in [-0.2, 0) is 0 Å². The number of hydrogen-bond acceptors (Lipinski definition) is 6. The Morgan fingerprint density at radius 3 is 2.25 bits per heavy atom. The molecule has 1 amide bonds. The molecule has 0 bridgehead atoms. The van der Waals surface area contributed by atoms with Crippen LogP contribution in [0, 0.1) is 0 Å². The molecule has 8 nitrogen and oxygen atoms in total. The lowest BCUT2D eigenvalue weighted by atomic mass is 10.2. The Bertz CT molecular complexity index is 1330. The van der Waals surface area contributed by atoms with Crippen LogP contribution in [0.25, 0.3) is 10.9 Å². The Morgan fingerprint density at radius 2 is 1.58 bits per heavy atom. The van der Waals surface area contributed by atoms with Gasteiger partial charge in [-0.3, -0.25) is 9.88 Å². The predicted octanol–water partition coefficient (Wildman–Crippen LogP) is 6.65. The van der Waals surface area contributed by atoms with Gasteiger partial charge in [-0.1, -0.05) is 11.6 Å². The molecule has 0 saturated carbocycles. The predicted molar refractivity (Wildman–Crippen MR) is 138 cm³/mol. The lowest BCUT2D eigenvalue weighted by Crippen LogP contribution is -2.31. The Labute approximate surface area is 213 Å². The van der Waals surface area contributed by atoms with Gasteiger partial charge >= 0.3 is 6.09 Å². The van der Waals surface area contributed by atoms with Crippen molar-refractivity contribution in [1.82, 2.24) is 4.98 Å². The molecule has 0 unspecified atom stereocenters. The van der Waals surface area contributed by atoms with E-state index >= 15 is 0 Å². The quantitative estimate of drug-likeness (QED) is 0.240. The largest absolute Gasteiger partial charge is 0.494 e. The lowest BCUT2D eigenvalue weighted by molar-refractivity contribution is 0.201. The first-order chi connectivity index (χ1) is 17.5. The molecule has 3 aromatic carbocycles. The normalized spacial score (nSPS) is 10.6. The molecule has 0 aliphatic heterocycles. The summed E-state index contributed by atoms with van der Waals surface area (Å²) < 4.78 is 22.5. The van der Waals surface area contributed by atoms with Crippen molar-refractivity contribution < 1.29 is 28.8 Å². The second kappa shape index (κ2) is 11.5. The molecule has 0 atom stereocenters. The van der Waals surface area contributed by atoms with Crippen molar-refractivity contribution in [1.29, 1.82) is 0 Å². The summed E-state index contributed by atoms with van der Waals surface area (Å²) in [6.45, 7) is 0.649. The van der Waals surface area contributed by atoms with Crippen LogP contribution in [0.3, 0.4) is 0 Å². The number of nitrogens with zero attached hydrogens (tertiary/aromatic N) is 2. The highest BCUT2D eigenvalue weighted by Gasteiger charge is 2.15. The van der Waals surface area contributed by atoms with Crippen LogP contribution in [0.5, 0.6) is 28.7 Å². The summed E-state index contributed by atoms with van der Waals surface area (Å²) in [5.74, 6) is 2.96. The third-order valence-electron chi connectivity index (χ3n) is 5.42. The Hall–Kier alpha value is -4.17. The van der Waals surface area contributed by atoms with Crippen molar-refractivity contribution in [2.45, 2.75) is 6.42 Å². The maximum absolute atomic E-state index is 11.8. The Morgan fingerprint density at radius 1 is 0.917 bits per heavy atom. The summed E-state index contributed by atoms with van der Waals surface area (Å²) >= 11 is 5.87. The third kappa shape index (κ3) is 5.90. The first-order valence-electron chi connectivity index (χ1n) is 11.2. The second-order valence-electron chi connectivity index (χ2n) is 7.72. The smallest absolute Gasteiger partial charge is 0.411 e. The zero-order chi connectivity index (χ0) is 25.5. The van der Waals surface area contributed by atoms with Crippen LogP contribution in [0.2, 0.25) is 5.02 Å². The van der Waals surface area contributed by atoms with Gasteiger partial charge in [0.05, 0.1) is 26.3 Å². The topological polar surface area (TPSA) is 90.4 Å². The van der Waals surface area contributed by atoms with Crippen LogP contribution in [0.4, 0.5) is 10.5 Å². The Balaban J connectivity index is 1.43. The van der Waals surface area contributed by atoms with Gasteiger partial charge in [0.1, 0.15) is 17.2 Å². The van der Waals surface area contributed by atoms with Crippen molar-refractivity contribution in [2.24, 2.45) is 0 Å². The molecule has 0 aliphatic rings. The molecule has 36 heavy (non-hydrogen) atoms. The van der Waals surface area contributed by atoms with E-state index in [-0.39, 0.29) is 6.54 Å². The van der Waals surface area contributed by atoms with Crippen LogP contribution in [0.15, 0.2) is 72.9 Å². The second-order valence-corrected chi connectivity index (χ2v) is 8.16. The minimum atomic E-state index is -1.05. The number of fused-ring (bicyclic) bond motifs is 1. The maximum atomic E-state index is 11.8. The van der Waals surface area contributed by atoms with E-state index in [0.29, 0.717) is 58.0 Å². The van der Waals surface area contributed by atoms with E-state index in [1.807, 2.05) is 6.07 Å². The molecule has 0 spiro atoms. The first kappa shape index (κ1) is 24.9. The van der Waals surface area contributed by atoms with Crippen molar-refractivity contribution in [3.05, 3.63) is 77.9 Å². The minimum absolute atomic E-state index is 0.278. The van der Waals surface area contributed by atoms with E-state index in [2.05, 4.69) is 4.98 Å². The first-order valence-corrected chi connectivity index (χ1v) is 11.5. The number of halogens is 1. The highest BCUT2D eigenvalue weighted by molar-refractivity contribution is 6.30. The van der Waals surface area contributed by atoms with Crippen molar-refractivity contribution >= 4 is 34.3 Å². The molecule has 4 rings (SSSR count). The van der Waals surface area contributed by atoms with Gasteiger partial charge in [0.25, 0.3) is 0 Å². The average molecular weight is 509 g/mol. The number of anilines is 1. The molecule has 1 heterocycles. The SMILES string of the molecule is COc1cc2nccc(Oc3ccc(N(CCCOc4ccc(Cl)cc4)C(=O)O)cc3)c2cc1OC. The molecule has 0 fully saturated rings. The van der Waals surface area contributed by atoms with Gasteiger partial charge in [-0.2, -0.15) is 0 Å². The molecule has 186 valence electrons. The van der Waals surface area contributed by atoms with E-state index in [1.165, 1.54) is 4.90 Å². The molecule has 9 heteroatoms. The van der Waals surface area contributed by atoms with E-state index in [1.54, 1.807) is 81.1 Å². The summed E-state index contributed by atoms with van der Waals surface area (Å²) in [6, 6.07) is 19.2. The number of methoxy groups -OCH3 is 2. The fraction of sp³-hybridized carbons (Fsp3) is 0.185. The molecule has 0 saturated heterocycles. The minimum Gasteiger partial charge on any atom is -0.494 e. The van der Waals surface area contributed by atoms with Gasteiger partial charge < -0.3 is 24.1 Å². The van der Waals surface area contributed by atoms with E-state index in [4.69, 9.17) is 30.5 Å². The summed E-state index contributed by atoms with van der Waals surface area (Å²) in [4.78, 5) is 17.5. The molecule has 1 aromatic heterocycles. The molecule has 0 aliphatic carbocycles. The van der Waals surface area contributed by atoms with Crippen LogP contribution in [0.1, 0.15) is 6.42 Å². The van der Waals surface area contributed by atoms with Crippen LogP contribution in [-0.4, -0.2) is 43.6 Å². The fourth-order valence-electron chi connectivity index (χ4n) is 3.64. The molecule has 1 N–H and O–H groups in total. The highest BCUT2D eigenvalue weighted by Crippen LogP contribution is 2.37. The van der Waals surface area contributed by atoms with Gasteiger partial charge in [-0.25, -0.2) is 4.79 Å². The number of amides is 1. The zero-order valence-electron chi connectivity index (χ0n) is 19.8. The molecular weight excluding hydrogens is 484 g/mol. The maximum Gasteiger partial charge on any atom is 0.411 e. The van der Waals surface area contributed by atoms with Gasteiger partial charge in [-0.05, 0) is 67.1 Å². The molecule has 4 aromatic rings. The number of pyridine rings is 1. The van der Waals surface area contributed by atoms with Crippen molar-refractivity contribution in [2.75, 3.05) is 32.3 Å². The number of carbonyl (C=O) groups is 1. The zero-order valence-corrected chi connectivity index (χ0v) is 20.6. The molecule has 0 radical (unpaired) electrons. The average Bonchev–Trinajstić information content (AvgIpc) is 2.89. The van der Waals surface area contributed by atoms with E-state index in [9.17, 15) is 9.90 Å². The standard InChI is InChI=1S/C27H25ClN2O6/c1-33-25-16-22-23(17-26(25)34-2)29-13-12-24(22)36-21-10-6-19(7-11-21)30(27(31)32)14-3-15-35-20-8-4-18(28)5-9-20/h4-13,16-17H,3,14-15H2,1-2H3,(H,31,32). The van der Waals surface area contributed by atoms with Gasteiger partial charge in [-0.15, -0.1) is 0 Å². The fourth-order valence-corrected chi connectivity index (χ4v) is 3.76. The van der Waals surface area contributed by atoms with Crippen molar-refractivity contribution in [3.63, 3.8) is 0 Å².